The van der Waals surface area contributed by atoms with Crippen molar-refractivity contribution in [3.63, 3.8) is 0 Å². The van der Waals surface area contributed by atoms with Crippen LogP contribution in [-0.2, 0) is 6.54 Å². The molecule has 0 saturated heterocycles. The van der Waals surface area contributed by atoms with Crippen LogP contribution in [0.25, 0.3) is 165 Å². The summed E-state index contributed by atoms with van der Waals surface area (Å²) in [4.78, 5) is 0. The Kier molecular flexibility index (Phi) is 14.5. The number of hydrogen-bond donors (Lipinski definition) is 4. The average molecular weight is 1420 g/mol. The fourth-order valence-electron chi connectivity index (χ4n) is 15.9. The molecule has 11 heteroatoms. The Morgan fingerprint density at radius 1 is 0.353 bits per heavy atom. The highest BCUT2D eigenvalue weighted by molar-refractivity contribution is 7.28. The molecule has 0 saturated carbocycles. The summed E-state index contributed by atoms with van der Waals surface area (Å²) in [6.07, 6.45) is 1.97. The third-order valence-electron chi connectivity index (χ3n) is 21.0. The Labute approximate surface area is 611 Å². The van der Waals surface area contributed by atoms with E-state index in [9.17, 15) is 0 Å². The topological polar surface area (TPSA) is 82.4 Å². The monoisotopic (exact) mass is 1420 g/mol. The lowest BCUT2D eigenvalue weighted by Crippen LogP contribution is -2.89. The van der Waals surface area contributed by atoms with Gasteiger partial charge in [-0.05, 0) is 99.6 Å². The van der Waals surface area contributed by atoms with Crippen LogP contribution in [0, 0.1) is 0 Å². The molecule has 14 aromatic carbocycles. The van der Waals surface area contributed by atoms with E-state index in [1.807, 2.05) is 68.0 Å². The van der Waals surface area contributed by atoms with Crippen LogP contribution in [0.15, 0.2) is 297 Å². The molecule has 486 valence electrons. The van der Waals surface area contributed by atoms with Gasteiger partial charge in [0, 0.05) is 149 Å². The number of rotatable bonds is 13. The second kappa shape index (κ2) is 24.5. The molecule has 20 aromatic rings. The first kappa shape index (κ1) is 60.5. The van der Waals surface area contributed by atoms with Crippen LogP contribution < -0.4 is 21.7 Å². The smallest absolute Gasteiger partial charge is 0.186 e. The summed E-state index contributed by atoms with van der Waals surface area (Å²) in [5.41, 5.74) is 20.7. The standard InChI is InChI=1S/C91H60N5S6/c92-89(73-25-13-23-71-63-19-8-10-27-78(63)101-88(71)73)96-90(93-50-51-14-3-1-4-15-51)58-32-39-68-66-37-30-56(45-82(66)99-84(68)47-58)61-21-12-24-72-74-42-53(34-41-79(74)102-87(61)72)54-28-35-64-69-40-33-59(48-85(69)97-80(64)43-54)91-94-75(52-16-5-2-6-17-52)49-76(95-91)57-31-38-67-65-36-29-55(44-81(65)98-83(67)46-57)60-20-11-22-70-62-18-7-9-26-77(62)100-86(60)70/h1-49,76,89-91,94-96H,50,92H2/q-1/p+2. The third kappa shape index (κ3) is 10.3. The maximum atomic E-state index is 5.37. The van der Waals surface area contributed by atoms with Crippen LogP contribution in [0.3, 0.4) is 0 Å². The lowest BCUT2D eigenvalue weighted by atomic mass is 9.97. The molecule has 0 bridgehead atoms. The molecular weight excluding hydrogens is 1360 g/mol. The zero-order valence-electron chi connectivity index (χ0n) is 55.0. The number of fused-ring (bicyclic) bond motifs is 18. The van der Waals surface area contributed by atoms with E-state index in [0.717, 1.165) is 11.3 Å². The number of hydrogen-bond acceptors (Lipinski definition) is 8. The van der Waals surface area contributed by atoms with Crippen LogP contribution in [-0.4, -0.2) is 0 Å². The first-order chi connectivity index (χ1) is 50.4. The van der Waals surface area contributed by atoms with Crippen molar-refractivity contribution in [2.24, 2.45) is 0 Å². The van der Waals surface area contributed by atoms with Gasteiger partial charge in [0.15, 0.2) is 12.3 Å². The van der Waals surface area contributed by atoms with Gasteiger partial charge in [0.2, 0.25) is 0 Å². The van der Waals surface area contributed by atoms with Crippen molar-refractivity contribution in [3.05, 3.63) is 336 Å². The van der Waals surface area contributed by atoms with Crippen molar-refractivity contribution in [1.29, 1.82) is 0 Å². The van der Waals surface area contributed by atoms with Gasteiger partial charge in [0.25, 0.3) is 0 Å². The first-order valence-electron chi connectivity index (χ1n) is 34.7. The maximum Gasteiger partial charge on any atom is 0.186 e. The minimum absolute atomic E-state index is 0.000689. The summed E-state index contributed by atoms with van der Waals surface area (Å²) in [6, 6.07) is 109. The summed E-state index contributed by atoms with van der Waals surface area (Å²) in [6.45, 7) is 0.597. The van der Waals surface area contributed by atoms with Gasteiger partial charge < -0.3 is 21.7 Å². The molecule has 5 nitrogen and oxygen atoms in total. The van der Waals surface area contributed by atoms with Crippen molar-refractivity contribution in [3.8, 4) is 33.4 Å². The molecule has 0 spiro atoms. The van der Waals surface area contributed by atoms with Crippen molar-refractivity contribution in [2.75, 3.05) is 0 Å². The zero-order chi connectivity index (χ0) is 67.1. The molecular formula is C91H62N5S6+. The molecule has 7 heterocycles. The van der Waals surface area contributed by atoms with Crippen LogP contribution in [0.5, 0.6) is 0 Å². The Balaban J connectivity index is 0.560. The largest absolute Gasteiger partial charge is 0.639 e. The summed E-state index contributed by atoms with van der Waals surface area (Å²) in [5.74, 6) is 0. The lowest BCUT2D eigenvalue weighted by molar-refractivity contribution is -0.731. The van der Waals surface area contributed by atoms with E-state index >= 15 is 0 Å². The molecule has 0 fully saturated rings. The van der Waals surface area contributed by atoms with Gasteiger partial charge in [0.05, 0.1) is 0 Å². The van der Waals surface area contributed by atoms with E-state index in [0.29, 0.717) is 6.54 Å². The van der Waals surface area contributed by atoms with Gasteiger partial charge in [-0.2, -0.15) is 0 Å². The number of nitrogens with zero attached hydrogens (tertiary/aromatic N) is 1. The number of quaternary nitrogens is 2. The van der Waals surface area contributed by atoms with E-state index in [1.54, 1.807) is 0 Å². The summed E-state index contributed by atoms with van der Waals surface area (Å²) >= 11 is 11.3. The van der Waals surface area contributed by atoms with E-state index in [2.05, 4.69) is 313 Å². The minimum Gasteiger partial charge on any atom is -0.639 e. The fourth-order valence-corrected chi connectivity index (χ4v) is 23.2. The van der Waals surface area contributed by atoms with Gasteiger partial charge in [-0.15, -0.1) is 74.6 Å². The average Bonchev–Trinajstić information content (AvgIpc) is 1.54. The molecule has 102 heavy (non-hydrogen) atoms. The highest BCUT2D eigenvalue weighted by atomic mass is 32.1. The molecule has 1 aliphatic heterocycles. The fraction of sp³-hybridized carbons (Fsp3) is 0.0549. The summed E-state index contributed by atoms with van der Waals surface area (Å²) in [7, 11) is 0. The van der Waals surface area contributed by atoms with Crippen molar-refractivity contribution in [1.82, 2.24) is 10.6 Å². The highest BCUT2D eigenvalue weighted by Crippen LogP contribution is 2.48. The molecule has 4 unspecified atom stereocenters. The second-order valence-corrected chi connectivity index (χ2v) is 33.4. The molecule has 7 N–H and O–H groups in total. The maximum absolute atomic E-state index is 5.37. The predicted molar refractivity (Wildman–Crippen MR) is 443 cm³/mol. The number of thiophene rings is 6. The SMILES string of the molecule is [NH3+]C(NC([N-]Cc1ccccc1)c1ccc2c(c1)sc1cc(-c3cccc4c3sc3ccc(-c5ccc6c(c5)sc5cc(C7NC(c8ccccc8)=CC(c8ccc9c(c8)sc8cc(-c%10cccc%11c%10sc%10ccccc%10%11)ccc89)[NH2+]7)ccc56)cc34)ccc12)c1cccc2c1sc1ccccc12. The number of benzene rings is 14. The summed E-state index contributed by atoms with van der Waals surface area (Å²) < 4.78 is 15.6. The Bertz CT molecular complexity index is 6810. The Hall–Kier alpha value is -10.2. The van der Waals surface area contributed by atoms with Gasteiger partial charge in [-0.3, -0.25) is 5.32 Å². The third-order valence-corrected chi connectivity index (χ3v) is 28.0. The predicted octanol–water partition coefficient (Wildman–Crippen LogP) is 24.9. The summed E-state index contributed by atoms with van der Waals surface area (Å²) in [5, 5.41) is 31.4. The Morgan fingerprint density at radius 3 is 1.47 bits per heavy atom. The van der Waals surface area contributed by atoms with Crippen molar-refractivity contribution in [2.45, 2.75) is 31.1 Å². The Morgan fingerprint density at radius 2 is 0.814 bits per heavy atom. The van der Waals surface area contributed by atoms with E-state index in [4.69, 9.17) is 11.1 Å². The zero-order valence-corrected chi connectivity index (χ0v) is 59.9. The van der Waals surface area contributed by atoms with Crippen LogP contribution >= 0.6 is 68.0 Å². The number of nitrogens with two attached hydrogens (primary N) is 1. The molecule has 1 aliphatic rings. The lowest BCUT2D eigenvalue weighted by Gasteiger charge is -2.35. The first-order valence-corrected chi connectivity index (χ1v) is 39.6. The molecule has 0 aliphatic carbocycles. The van der Waals surface area contributed by atoms with E-state index in [1.165, 1.54) is 182 Å². The van der Waals surface area contributed by atoms with E-state index in [-0.39, 0.29) is 24.5 Å². The van der Waals surface area contributed by atoms with Crippen molar-refractivity contribution >= 4 is 195 Å². The molecule has 6 aromatic heterocycles. The second-order valence-electron chi connectivity index (χ2n) is 27.0. The van der Waals surface area contributed by atoms with Crippen LogP contribution in [0.4, 0.5) is 0 Å². The van der Waals surface area contributed by atoms with Crippen molar-refractivity contribution < 1.29 is 11.1 Å². The van der Waals surface area contributed by atoms with Gasteiger partial charge >= 0.3 is 0 Å². The highest BCUT2D eigenvalue weighted by Gasteiger charge is 2.30. The van der Waals surface area contributed by atoms with Crippen LogP contribution in [0.1, 0.15) is 57.9 Å². The van der Waals surface area contributed by atoms with E-state index < -0.39 is 0 Å². The molecule has 0 amide bonds. The number of nitrogens with one attached hydrogen (secondary N) is 2. The minimum atomic E-state index is -0.271. The van der Waals surface area contributed by atoms with Gasteiger partial charge in [-0.25, -0.2) is 0 Å². The molecule has 21 rings (SSSR count). The molecule has 0 radical (unpaired) electrons. The van der Waals surface area contributed by atoms with Crippen LogP contribution in [0.2, 0.25) is 0 Å². The normalized spacial score (nSPS) is 15.0. The van der Waals surface area contributed by atoms with Gasteiger partial charge in [-0.1, -0.05) is 248 Å². The molecule has 4 atom stereocenters. The quantitative estimate of drug-likeness (QED) is 0.0868. The van der Waals surface area contributed by atoms with Gasteiger partial charge in [0.1, 0.15) is 6.04 Å².